The van der Waals surface area contributed by atoms with E-state index >= 15 is 0 Å². The second kappa shape index (κ2) is 6.39. The number of carbonyl (C=O) groups is 1. The number of rotatable bonds is 4. The van der Waals surface area contributed by atoms with Crippen LogP contribution < -0.4 is 5.32 Å². The zero-order chi connectivity index (χ0) is 12.8. The second-order valence-electron chi connectivity index (χ2n) is 4.88. The summed E-state index contributed by atoms with van der Waals surface area (Å²) in [6, 6.07) is 9.95. The van der Waals surface area contributed by atoms with Gasteiger partial charge in [0.15, 0.2) is 0 Å². The van der Waals surface area contributed by atoms with Crippen molar-refractivity contribution in [1.29, 1.82) is 0 Å². The Hall–Kier alpha value is -1.57. The molecular formula is C16H21NO. The molecule has 2 nitrogen and oxygen atoms in total. The Morgan fingerprint density at radius 3 is 2.44 bits per heavy atom. The molecule has 0 saturated heterocycles. The average Bonchev–Trinajstić information content (AvgIpc) is 2.46. The Kier molecular flexibility index (Phi) is 4.57. The molecule has 1 aromatic carbocycles. The van der Waals surface area contributed by atoms with Gasteiger partial charge >= 0.3 is 0 Å². The maximum atomic E-state index is 12.3. The lowest BCUT2D eigenvalue weighted by molar-refractivity contribution is 0.102. The summed E-state index contributed by atoms with van der Waals surface area (Å²) >= 11 is 0. The highest BCUT2D eigenvalue weighted by Gasteiger charge is 2.17. The van der Waals surface area contributed by atoms with Crippen molar-refractivity contribution in [3.63, 3.8) is 0 Å². The van der Waals surface area contributed by atoms with Gasteiger partial charge in [0.05, 0.1) is 5.70 Å². The molecule has 96 valence electrons. The smallest absolute Gasteiger partial charge is 0.208 e. The number of carbonyl (C=O) groups excluding carboxylic acids is 1. The van der Waals surface area contributed by atoms with Crippen molar-refractivity contribution >= 4 is 5.78 Å². The van der Waals surface area contributed by atoms with Crippen LogP contribution in [0.15, 0.2) is 42.1 Å². The first-order valence-corrected chi connectivity index (χ1v) is 6.84. The van der Waals surface area contributed by atoms with E-state index in [9.17, 15) is 4.79 Å². The molecule has 1 aliphatic rings. The lowest BCUT2D eigenvalue weighted by atomic mass is 9.95. The molecule has 0 aromatic heterocycles. The van der Waals surface area contributed by atoms with E-state index in [0.717, 1.165) is 11.3 Å². The van der Waals surface area contributed by atoms with E-state index in [1.165, 1.54) is 32.1 Å². The fraction of sp³-hybridized carbons (Fsp3) is 0.438. The zero-order valence-corrected chi connectivity index (χ0v) is 11.0. The summed E-state index contributed by atoms with van der Waals surface area (Å²) in [5.41, 5.74) is 1.50. The lowest BCUT2D eigenvalue weighted by Gasteiger charge is -2.24. The topological polar surface area (TPSA) is 29.1 Å². The highest BCUT2D eigenvalue weighted by Crippen LogP contribution is 2.19. The summed E-state index contributed by atoms with van der Waals surface area (Å²) in [6.07, 6.45) is 8.13. The monoisotopic (exact) mass is 243 g/mol. The van der Waals surface area contributed by atoms with Crippen molar-refractivity contribution in [3.05, 3.63) is 47.7 Å². The predicted molar refractivity (Wildman–Crippen MR) is 74.5 cm³/mol. The molecule has 0 spiro atoms. The van der Waals surface area contributed by atoms with Gasteiger partial charge in [-0.05, 0) is 19.8 Å². The largest absolute Gasteiger partial charge is 0.379 e. The molecule has 1 aromatic rings. The first-order chi connectivity index (χ1) is 8.81. The molecule has 18 heavy (non-hydrogen) atoms. The van der Waals surface area contributed by atoms with Crippen molar-refractivity contribution in [3.8, 4) is 0 Å². The van der Waals surface area contributed by atoms with E-state index < -0.39 is 0 Å². The van der Waals surface area contributed by atoms with Gasteiger partial charge in [-0.2, -0.15) is 0 Å². The van der Waals surface area contributed by atoms with Gasteiger partial charge in [-0.3, -0.25) is 4.79 Å². The van der Waals surface area contributed by atoms with E-state index in [1.54, 1.807) is 0 Å². The highest BCUT2D eigenvalue weighted by atomic mass is 16.1. The van der Waals surface area contributed by atoms with Gasteiger partial charge in [-0.15, -0.1) is 0 Å². The molecule has 0 heterocycles. The molecule has 1 N–H and O–H groups in total. The van der Waals surface area contributed by atoms with Gasteiger partial charge in [0.25, 0.3) is 0 Å². The van der Waals surface area contributed by atoms with E-state index in [2.05, 4.69) is 5.32 Å². The fourth-order valence-electron chi connectivity index (χ4n) is 2.49. The average molecular weight is 243 g/mol. The van der Waals surface area contributed by atoms with Gasteiger partial charge in [-0.1, -0.05) is 55.7 Å². The minimum absolute atomic E-state index is 0.101. The highest BCUT2D eigenvalue weighted by molar-refractivity contribution is 6.08. The first kappa shape index (κ1) is 12.9. The summed E-state index contributed by atoms with van der Waals surface area (Å²) in [4.78, 5) is 12.3. The number of nitrogens with one attached hydrogen (secondary N) is 1. The summed E-state index contributed by atoms with van der Waals surface area (Å²) in [6.45, 7) is 1.92. The number of benzene rings is 1. The second-order valence-corrected chi connectivity index (χ2v) is 4.88. The molecule has 0 aliphatic heterocycles. The van der Waals surface area contributed by atoms with Crippen LogP contribution in [0.25, 0.3) is 0 Å². The van der Waals surface area contributed by atoms with Crippen LogP contribution in [0.4, 0.5) is 0 Å². The minimum atomic E-state index is 0.101. The van der Waals surface area contributed by atoms with Crippen LogP contribution in [-0.4, -0.2) is 11.8 Å². The number of ketones is 1. The quantitative estimate of drug-likeness (QED) is 0.645. The Balaban J connectivity index is 2.02. The molecule has 0 amide bonds. The molecular weight excluding hydrogens is 222 g/mol. The van der Waals surface area contributed by atoms with Gasteiger partial charge in [0.1, 0.15) is 0 Å². The molecule has 0 radical (unpaired) electrons. The zero-order valence-electron chi connectivity index (χ0n) is 11.0. The maximum Gasteiger partial charge on any atom is 0.208 e. The van der Waals surface area contributed by atoms with Crippen LogP contribution in [0.2, 0.25) is 0 Å². The number of Topliss-reactive ketones (excluding diaryl/α,β-unsaturated/α-hetero) is 1. The SMILES string of the molecule is CC=C(NC1CCCCC1)C(=O)c1ccccc1. The van der Waals surface area contributed by atoms with Crippen LogP contribution >= 0.6 is 0 Å². The summed E-state index contributed by atoms with van der Waals surface area (Å²) in [5.74, 6) is 0.101. The van der Waals surface area contributed by atoms with Gasteiger partial charge in [-0.25, -0.2) is 0 Å². The Labute approximate surface area is 109 Å². The molecule has 1 fully saturated rings. The first-order valence-electron chi connectivity index (χ1n) is 6.84. The van der Waals surface area contributed by atoms with Crippen LogP contribution in [0.3, 0.4) is 0 Å². The van der Waals surface area contributed by atoms with E-state index in [0.29, 0.717) is 6.04 Å². The third kappa shape index (κ3) is 3.22. The fourth-order valence-corrected chi connectivity index (χ4v) is 2.49. The van der Waals surface area contributed by atoms with E-state index in [4.69, 9.17) is 0 Å². The minimum Gasteiger partial charge on any atom is -0.379 e. The number of allylic oxidation sites excluding steroid dienone is 2. The molecule has 1 aliphatic carbocycles. The van der Waals surface area contributed by atoms with Crippen LogP contribution in [0.5, 0.6) is 0 Å². The molecule has 2 rings (SSSR count). The predicted octanol–water partition coefficient (Wildman–Crippen LogP) is 3.70. The van der Waals surface area contributed by atoms with E-state index in [-0.39, 0.29) is 5.78 Å². The van der Waals surface area contributed by atoms with Gasteiger partial charge in [0.2, 0.25) is 5.78 Å². The molecule has 0 unspecified atom stereocenters. The molecule has 1 saturated carbocycles. The van der Waals surface area contributed by atoms with Crippen molar-refractivity contribution < 1.29 is 4.79 Å². The van der Waals surface area contributed by atoms with Crippen molar-refractivity contribution in [1.82, 2.24) is 5.32 Å². The third-order valence-electron chi connectivity index (χ3n) is 3.53. The molecule has 0 bridgehead atoms. The van der Waals surface area contributed by atoms with Crippen molar-refractivity contribution in [2.45, 2.75) is 45.1 Å². The Morgan fingerprint density at radius 2 is 1.83 bits per heavy atom. The van der Waals surface area contributed by atoms with Gasteiger partial charge in [0, 0.05) is 11.6 Å². The molecule has 2 heteroatoms. The normalized spacial score (nSPS) is 17.5. The Bertz CT molecular complexity index is 416. The van der Waals surface area contributed by atoms with Crippen LogP contribution in [0.1, 0.15) is 49.4 Å². The van der Waals surface area contributed by atoms with Crippen LogP contribution in [0, 0.1) is 0 Å². The Morgan fingerprint density at radius 1 is 1.17 bits per heavy atom. The summed E-state index contributed by atoms with van der Waals surface area (Å²) < 4.78 is 0. The van der Waals surface area contributed by atoms with Crippen LogP contribution in [-0.2, 0) is 0 Å². The third-order valence-corrected chi connectivity index (χ3v) is 3.53. The number of hydrogen-bond donors (Lipinski definition) is 1. The van der Waals surface area contributed by atoms with Gasteiger partial charge < -0.3 is 5.32 Å². The lowest BCUT2D eigenvalue weighted by Crippen LogP contribution is -2.33. The summed E-state index contributed by atoms with van der Waals surface area (Å²) in [7, 11) is 0. The van der Waals surface area contributed by atoms with Crippen molar-refractivity contribution in [2.24, 2.45) is 0 Å². The standard InChI is InChI=1S/C16H21NO/c1-2-15(17-14-11-7-4-8-12-14)16(18)13-9-5-3-6-10-13/h2-3,5-6,9-10,14,17H,4,7-8,11-12H2,1H3. The molecule has 0 atom stereocenters. The van der Waals surface area contributed by atoms with Crippen molar-refractivity contribution in [2.75, 3.05) is 0 Å². The van der Waals surface area contributed by atoms with E-state index in [1.807, 2.05) is 43.3 Å². The number of hydrogen-bond acceptors (Lipinski definition) is 2. The maximum absolute atomic E-state index is 12.3. The summed E-state index contributed by atoms with van der Waals surface area (Å²) in [5, 5.41) is 3.42.